The summed E-state index contributed by atoms with van der Waals surface area (Å²) in [5.74, 6) is -0.138. The molecule has 1 aromatic carbocycles. The molecule has 1 atom stereocenters. The first-order chi connectivity index (χ1) is 8.75. The molecule has 3 rings (SSSR count). The molecule has 18 heavy (non-hydrogen) atoms. The van der Waals surface area contributed by atoms with Crippen molar-refractivity contribution in [3.8, 4) is 0 Å². The van der Waals surface area contributed by atoms with Crippen LogP contribution in [0, 0.1) is 12.7 Å². The Balaban J connectivity index is 1.88. The Morgan fingerprint density at radius 3 is 3.11 bits per heavy atom. The van der Waals surface area contributed by atoms with Crippen molar-refractivity contribution in [2.24, 2.45) is 0 Å². The number of nitrogens with one attached hydrogen (secondary N) is 1. The van der Waals surface area contributed by atoms with E-state index in [1.807, 2.05) is 24.3 Å². The Bertz CT molecular complexity index is 561. The number of hydrogen-bond donors (Lipinski definition) is 1. The molecule has 1 heterocycles. The Morgan fingerprint density at radius 2 is 2.22 bits per heavy atom. The number of rotatable bonds is 2. The van der Waals surface area contributed by atoms with Gasteiger partial charge >= 0.3 is 0 Å². The number of benzene rings is 1. The molecule has 1 aliphatic carbocycles. The zero-order valence-electron chi connectivity index (χ0n) is 10.4. The van der Waals surface area contributed by atoms with Gasteiger partial charge < -0.3 is 5.32 Å². The molecule has 0 saturated heterocycles. The van der Waals surface area contributed by atoms with E-state index in [4.69, 9.17) is 0 Å². The average Bonchev–Trinajstić information content (AvgIpc) is 2.84. The van der Waals surface area contributed by atoms with Crippen LogP contribution < -0.4 is 5.32 Å². The van der Waals surface area contributed by atoms with Gasteiger partial charge in [-0.25, -0.2) is 4.39 Å². The van der Waals surface area contributed by atoms with Gasteiger partial charge in [-0.3, -0.25) is 0 Å². The van der Waals surface area contributed by atoms with Gasteiger partial charge in [0.1, 0.15) is 5.82 Å². The molecule has 0 amide bonds. The number of anilines is 1. The second-order valence-corrected chi connectivity index (χ2v) is 5.80. The summed E-state index contributed by atoms with van der Waals surface area (Å²) in [6.07, 6.45) is 3.52. The lowest BCUT2D eigenvalue weighted by Gasteiger charge is -2.25. The van der Waals surface area contributed by atoms with Crippen LogP contribution in [0.3, 0.4) is 0 Å². The van der Waals surface area contributed by atoms with E-state index < -0.39 is 0 Å². The van der Waals surface area contributed by atoms with Gasteiger partial charge in [-0.05, 0) is 55.3 Å². The quantitative estimate of drug-likeness (QED) is 0.827. The van der Waals surface area contributed by atoms with E-state index in [1.54, 1.807) is 6.07 Å². The van der Waals surface area contributed by atoms with E-state index in [9.17, 15) is 4.39 Å². The minimum Gasteiger partial charge on any atom is -0.378 e. The van der Waals surface area contributed by atoms with Crippen molar-refractivity contribution in [2.45, 2.75) is 32.2 Å². The summed E-state index contributed by atoms with van der Waals surface area (Å²) in [6, 6.07) is 7.77. The van der Waals surface area contributed by atoms with Crippen molar-refractivity contribution < 1.29 is 4.39 Å². The van der Waals surface area contributed by atoms with Crippen molar-refractivity contribution >= 4 is 17.0 Å². The zero-order valence-corrected chi connectivity index (χ0v) is 11.2. The normalized spacial score (nSPS) is 18.4. The Labute approximate surface area is 111 Å². The maximum Gasteiger partial charge on any atom is 0.128 e. The smallest absolute Gasteiger partial charge is 0.128 e. The Kier molecular flexibility index (Phi) is 3.08. The highest BCUT2D eigenvalue weighted by Crippen LogP contribution is 2.36. The molecule has 0 bridgehead atoms. The summed E-state index contributed by atoms with van der Waals surface area (Å²) < 4.78 is 13.5. The predicted octanol–water partition coefficient (Wildman–Crippen LogP) is 4.69. The van der Waals surface area contributed by atoms with Crippen LogP contribution in [0.4, 0.5) is 10.1 Å². The van der Waals surface area contributed by atoms with Crippen LogP contribution in [-0.2, 0) is 6.42 Å². The topological polar surface area (TPSA) is 12.0 Å². The molecular formula is C15H16FNS. The number of thiophene rings is 1. The van der Waals surface area contributed by atoms with Crippen LogP contribution >= 0.6 is 11.3 Å². The maximum absolute atomic E-state index is 13.5. The highest BCUT2D eigenvalue weighted by atomic mass is 32.1. The van der Waals surface area contributed by atoms with Crippen molar-refractivity contribution in [1.82, 2.24) is 0 Å². The largest absolute Gasteiger partial charge is 0.378 e. The Morgan fingerprint density at radius 1 is 1.33 bits per heavy atom. The Hall–Kier alpha value is -1.35. The molecule has 0 radical (unpaired) electrons. The fourth-order valence-electron chi connectivity index (χ4n) is 2.59. The van der Waals surface area contributed by atoms with Crippen LogP contribution in [0.25, 0.3) is 0 Å². The van der Waals surface area contributed by atoms with Gasteiger partial charge in [0, 0.05) is 16.1 Å². The van der Waals surface area contributed by atoms with Gasteiger partial charge in [-0.1, -0.05) is 6.07 Å². The van der Waals surface area contributed by atoms with Crippen LogP contribution in [0.2, 0.25) is 0 Å². The summed E-state index contributed by atoms with van der Waals surface area (Å²) >= 11 is 1.83. The van der Waals surface area contributed by atoms with Crippen molar-refractivity contribution in [3.05, 3.63) is 51.5 Å². The van der Waals surface area contributed by atoms with Gasteiger partial charge in [0.15, 0.2) is 0 Å². The van der Waals surface area contributed by atoms with E-state index in [1.165, 1.54) is 29.3 Å². The SMILES string of the molecule is Cc1c(F)cccc1NC1CCCc2sccc21. The third-order valence-electron chi connectivity index (χ3n) is 3.65. The third kappa shape index (κ3) is 2.03. The van der Waals surface area contributed by atoms with Crippen molar-refractivity contribution in [1.29, 1.82) is 0 Å². The van der Waals surface area contributed by atoms with E-state index in [0.29, 0.717) is 11.6 Å². The molecule has 94 valence electrons. The first kappa shape index (κ1) is 11.7. The fraction of sp³-hybridized carbons (Fsp3) is 0.333. The van der Waals surface area contributed by atoms with Gasteiger partial charge in [0.2, 0.25) is 0 Å². The fourth-order valence-corrected chi connectivity index (χ4v) is 3.58. The minimum absolute atomic E-state index is 0.138. The first-order valence-corrected chi connectivity index (χ1v) is 7.21. The molecule has 1 aliphatic rings. The van der Waals surface area contributed by atoms with Crippen LogP contribution in [0.5, 0.6) is 0 Å². The van der Waals surface area contributed by atoms with E-state index in [-0.39, 0.29) is 5.82 Å². The molecule has 1 N–H and O–H groups in total. The minimum atomic E-state index is -0.138. The molecule has 3 heteroatoms. The standard InChI is InChI=1S/C15H16FNS/c1-10-12(16)4-2-5-13(10)17-14-6-3-7-15-11(14)8-9-18-15/h2,4-5,8-9,14,17H,3,6-7H2,1H3. The lowest BCUT2D eigenvalue weighted by molar-refractivity contribution is 0.602. The maximum atomic E-state index is 13.5. The molecule has 0 fully saturated rings. The van der Waals surface area contributed by atoms with Crippen LogP contribution in [-0.4, -0.2) is 0 Å². The molecular weight excluding hydrogens is 245 g/mol. The predicted molar refractivity (Wildman–Crippen MR) is 74.8 cm³/mol. The number of hydrogen-bond acceptors (Lipinski definition) is 2. The summed E-state index contributed by atoms with van der Waals surface area (Å²) in [5.41, 5.74) is 3.02. The number of halogens is 1. The molecule has 2 aromatic rings. The molecule has 1 aromatic heterocycles. The molecule has 0 spiro atoms. The highest BCUT2D eigenvalue weighted by Gasteiger charge is 2.21. The lowest BCUT2D eigenvalue weighted by Crippen LogP contribution is -2.16. The van der Waals surface area contributed by atoms with Gasteiger partial charge in [0.05, 0.1) is 6.04 Å². The zero-order chi connectivity index (χ0) is 12.5. The highest BCUT2D eigenvalue weighted by molar-refractivity contribution is 7.10. The first-order valence-electron chi connectivity index (χ1n) is 6.33. The van der Waals surface area contributed by atoms with E-state index in [0.717, 1.165) is 12.1 Å². The van der Waals surface area contributed by atoms with E-state index >= 15 is 0 Å². The average molecular weight is 261 g/mol. The van der Waals surface area contributed by atoms with Crippen LogP contribution in [0.1, 0.15) is 34.9 Å². The number of aryl methyl sites for hydroxylation is 1. The second kappa shape index (κ2) is 4.73. The monoisotopic (exact) mass is 261 g/mol. The lowest BCUT2D eigenvalue weighted by atomic mass is 9.93. The second-order valence-electron chi connectivity index (χ2n) is 4.80. The molecule has 0 aliphatic heterocycles. The van der Waals surface area contributed by atoms with Gasteiger partial charge in [-0.15, -0.1) is 11.3 Å². The summed E-state index contributed by atoms with van der Waals surface area (Å²) in [5, 5.41) is 5.65. The summed E-state index contributed by atoms with van der Waals surface area (Å²) in [4.78, 5) is 1.48. The van der Waals surface area contributed by atoms with Crippen molar-refractivity contribution in [2.75, 3.05) is 5.32 Å². The number of fused-ring (bicyclic) bond motifs is 1. The molecule has 0 saturated carbocycles. The van der Waals surface area contributed by atoms with E-state index in [2.05, 4.69) is 16.8 Å². The summed E-state index contributed by atoms with van der Waals surface area (Å²) in [7, 11) is 0. The van der Waals surface area contributed by atoms with Crippen LogP contribution in [0.15, 0.2) is 29.6 Å². The molecule has 1 unspecified atom stereocenters. The summed E-state index contributed by atoms with van der Waals surface area (Å²) in [6.45, 7) is 1.83. The third-order valence-corrected chi connectivity index (χ3v) is 4.65. The van der Waals surface area contributed by atoms with Crippen molar-refractivity contribution in [3.63, 3.8) is 0 Å². The molecule has 1 nitrogen and oxygen atoms in total. The van der Waals surface area contributed by atoms with Gasteiger partial charge in [-0.2, -0.15) is 0 Å². The van der Waals surface area contributed by atoms with Gasteiger partial charge in [0.25, 0.3) is 0 Å².